The van der Waals surface area contributed by atoms with Gasteiger partial charge in [-0.05, 0) is 0 Å². The van der Waals surface area contributed by atoms with Crippen LogP contribution >= 0.6 is 0 Å². The van der Waals surface area contributed by atoms with Gasteiger partial charge in [-0.3, -0.25) is 9.89 Å². The van der Waals surface area contributed by atoms with E-state index in [1.807, 2.05) is 6.07 Å². The first-order valence-corrected chi connectivity index (χ1v) is 4.50. The van der Waals surface area contributed by atoms with Gasteiger partial charge in [0.05, 0.1) is 24.2 Å². The number of carboxylic acid groups (broad SMARTS) is 1. The summed E-state index contributed by atoms with van der Waals surface area (Å²) < 4.78 is 0. The Balaban J connectivity index is 2.42. The number of carbonyl (C=O) groups is 1. The van der Waals surface area contributed by atoms with Crippen molar-refractivity contribution in [3.05, 3.63) is 30.0 Å². The van der Waals surface area contributed by atoms with Crippen molar-refractivity contribution >= 4 is 16.9 Å². The number of benzene rings is 1. The van der Waals surface area contributed by atoms with Crippen molar-refractivity contribution in [2.45, 2.75) is 12.5 Å². The summed E-state index contributed by atoms with van der Waals surface area (Å²) in [6.07, 6.45) is 0.316. The van der Waals surface area contributed by atoms with Crippen molar-refractivity contribution in [1.82, 2.24) is 10.2 Å². The number of rotatable bonds is 3. The van der Waals surface area contributed by atoms with Gasteiger partial charge >= 0.3 is 5.97 Å². The van der Waals surface area contributed by atoms with E-state index in [2.05, 4.69) is 10.2 Å². The van der Waals surface area contributed by atoms with Crippen molar-refractivity contribution in [1.29, 1.82) is 0 Å². The lowest BCUT2D eigenvalue weighted by atomic mass is 10.0. The summed E-state index contributed by atoms with van der Waals surface area (Å²) in [5, 5.41) is 25.7. The maximum atomic E-state index is 10.5. The van der Waals surface area contributed by atoms with Crippen LogP contribution in [0.5, 0.6) is 0 Å². The summed E-state index contributed by atoms with van der Waals surface area (Å²) in [6.45, 7) is 0. The number of H-pyrrole nitrogens is 1. The number of para-hydroxylation sites is 1. The second-order valence-corrected chi connectivity index (χ2v) is 3.30. The number of aromatic nitrogens is 2. The monoisotopic (exact) mass is 206 g/mol. The number of fused-ring (bicyclic) bond motifs is 1. The van der Waals surface area contributed by atoms with Crippen LogP contribution in [0.4, 0.5) is 0 Å². The van der Waals surface area contributed by atoms with E-state index in [9.17, 15) is 9.90 Å². The molecular weight excluding hydrogens is 196 g/mol. The molecule has 0 aliphatic rings. The largest absolute Gasteiger partial charge is 0.481 e. The van der Waals surface area contributed by atoms with Gasteiger partial charge in [-0.25, -0.2) is 0 Å². The molecule has 0 saturated carbocycles. The standard InChI is InChI=1S/C10H10N2O3/c13-8(4-9(14)15)7-3-1-2-6-5-11-12-10(6)7/h1-3,5,8,13H,4H2,(H,11,12)(H,14,15). The third kappa shape index (κ3) is 1.82. The third-order valence-corrected chi connectivity index (χ3v) is 2.24. The number of nitrogens with zero attached hydrogens (tertiary/aromatic N) is 1. The van der Waals surface area contributed by atoms with Crippen LogP contribution in [-0.4, -0.2) is 26.4 Å². The van der Waals surface area contributed by atoms with E-state index in [1.165, 1.54) is 0 Å². The molecule has 0 aliphatic heterocycles. The number of aromatic amines is 1. The molecule has 5 heteroatoms. The molecule has 0 amide bonds. The van der Waals surface area contributed by atoms with Gasteiger partial charge in [0.25, 0.3) is 0 Å². The van der Waals surface area contributed by atoms with E-state index in [4.69, 9.17) is 5.11 Å². The van der Waals surface area contributed by atoms with Gasteiger partial charge in [0.2, 0.25) is 0 Å². The van der Waals surface area contributed by atoms with E-state index in [-0.39, 0.29) is 6.42 Å². The van der Waals surface area contributed by atoms with Crippen LogP contribution < -0.4 is 0 Å². The van der Waals surface area contributed by atoms with Gasteiger partial charge in [-0.2, -0.15) is 5.10 Å². The maximum absolute atomic E-state index is 10.5. The van der Waals surface area contributed by atoms with Crippen molar-refractivity contribution in [2.75, 3.05) is 0 Å². The molecule has 0 radical (unpaired) electrons. The van der Waals surface area contributed by atoms with Crippen LogP contribution in [0, 0.1) is 0 Å². The Morgan fingerprint density at radius 3 is 3.07 bits per heavy atom. The molecule has 15 heavy (non-hydrogen) atoms. The van der Waals surface area contributed by atoms with Crippen LogP contribution in [0.25, 0.3) is 10.9 Å². The van der Waals surface area contributed by atoms with Gasteiger partial charge in [-0.15, -0.1) is 0 Å². The Kier molecular flexibility index (Phi) is 2.39. The summed E-state index contributed by atoms with van der Waals surface area (Å²) in [5.74, 6) is -1.03. The molecule has 2 rings (SSSR count). The highest BCUT2D eigenvalue weighted by molar-refractivity contribution is 5.82. The van der Waals surface area contributed by atoms with Gasteiger partial charge in [0.15, 0.2) is 0 Å². The summed E-state index contributed by atoms with van der Waals surface area (Å²) in [7, 11) is 0. The Morgan fingerprint density at radius 2 is 2.33 bits per heavy atom. The lowest BCUT2D eigenvalue weighted by Gasteiger charge is -2.08. The first kappa shape index (κ1) is 9.67. The minimum absolute atomic E-state index is 0.307. The molecule has 1 aromatic heterocycles. The van der Waals surface area contributed by atoms with Crippen LogP contribution in [0.3, 0.4) is 0 Å². The summed E-state index contributed by atoms with van der Waals surface area (Å²) >= 11 is 0. The Labute approximate surface area is 85.4 Å². The Bertz CT molecular complexity index is 492. The highest BCUT2D eigenvalue weighted by Gasteiger charge is 2.15. The smallest absolute Gasteiger partial charge is 0.306 e. The fourth-order valence-electron chi connectivity index (χ4n) is 1.54. The zero-order chi connectivity index (χ0) is 10.8. The predicted octanol–water partition coefficient (Wildman–Crippen LogP) is 1.07. The molecule has 0 fully saturated rings. The molecule has 78 valence electrons. The SMILES string of the molecule is O=C(O)CC(O)c1cccc2cn[nH]c12. The second-order valence-electron chi connectivity index (χ2n) is 3.30. The molecule has 2 aromatic rings. The number of carboxylic acids is 1. The summed E-state index contributed by atoms with van der Waals surface area (Å²) in [6, 6.07) is 5.29. The Morgan fingerprint density at radius 1 is 1.53 bits per heavy atom. The number of hydrogen-bond donors (Lipinski definition) is 3. The van der Waals surface area contributed by atoms with Gasteiger partial charge in [0.1, 0.15) is 0 Å². The molecule has 0 saturated heterocycles. The molecule has 3 N–H and O–H groups in total. The fourth-order valence-corrected chi connectivity index (χ4v) is 1.54. The van der Waals surface area contributed by atoms with E-state index < -0.39 is 12.1 Å². The third-order valence-electron chi connectivity index (χ3n) is 2.24. The van der Waals surface area contributed by atoms with Crippen molar-refractivity contribution in [3.8, 4) is 0 Å². The van der Waals surface area contributed by atoms with Crippen LogP contribution in [0.1, 0.15) is 18.1 Å². The molecule has 1 unspecified atom stereocenters. The van der Waals surface area contributed by atoms with Gasteiger partial charge < -0.3 is 10.2 Å². The molecule has 0 bridgehead atoms. The lowest BCUT2D eigenvalue weighted by molar-refractivity contribution is -0.139. The number of hydrogen-bond acceptors (Lipinski definition) is 3. The number of aliphatic hydroxyl groups excluding tert-OH is 1. The quantitative estimate of drug-likeness (QED) is 0.701. The first-order valence-electron chi connectivity index (χ1n) is 4.50. The first-order chi connectivity index (χ1) is 7.18. The molecule has 5 nitrogen and oxygen atoms in total. The van der Waals surface area contributed by atoms with Crippen molar-refractivity contribution in [3.63, 3.8) is 0 Å². The topological polar surface area (TPSA) is 86.2 Å². The predicted molar refractivity (Wildman–Crippen MR) is 53.3 cm³/mol. The summed E-state index contributed by atoms with van der Waals surface area (Å²) in [5.41, 5.74) is 1.25. The van der Waals surface area contributed by atoms with Crippen LogP contribution in [0.15, 0.2) is 24.4 Å². The highest BCUT2D eigenvalue weighted by Crippen LogP contribution is 2.24. The van der Waals surface area contributed by atoms with Crippen molar-refractivity contribution in [2.24, 2.45) is 0 Å². The van der Waals surface area contributed by atoms with Crippen LogP contribution in [0.2, 0.25) is 0 Å². The normalized spacial score (nSPS) is 12.9. The zero-order valence-electron chi connectivity index (χ0n) is 7.84. The fraction of sp³-hybridized carbons (Fsp3) is 0.200. The second kappa shape index (κ2) is 3.70. The van der Waals surface area contributed by atoms with E-state index >= 15 is 0 Å². The average Bonchev–Trinajstić information content (AvgIpc) is 2.63. The number of aliphatic carboxylic acids is 1. The highest BCUT2D eigenvalue weighted by atomic mass is 16.4. The minimum Gasteiger partial charge on any atom is -0.481 e. The molecule has 0 spiro atoms. The van der Waals surface area contributed by atoms with E-state index in [0.717, 1.165) is 5.39 Å². The molecule has 0 aliphatic carbocycles. The molecule has 1 atom stereocenters. The van der Waals surface area contributed by atoms with Crippen LogP contribution in [-0.2, 0) is 4.79 Å². The number of aliphatic hydroxyl groups is 1. The summed E-state index contributed by atoms with van der Waals surface area (Å²) in [4.78, 5) is 10.5. The van der Waals surface area contributed by atoms with Gasteiger partial charge in [0, 0.05) is 10.9 Å². The number of nitrogens with one attached hydrogen (secondary N) is 1. The Hall–Kier alpha value is -1.88. The molecular formula is C10H10N2O3. The van der Waals surface area contributed by atoms with E-state index in [1.54, 1.807) is 18.3 Å². The van der Waals surface area contributed by atoms with Crippen molar-refractivity contribution < 1.29 is 15.0 Å². The molecule has 1 heterocycles. The average molecular weight is 206 g/mol. The minimum atomic E-state index is -1.03. The zero-order valence-corrected chi connectivity index (χ0v) is 7.84. The van der Waals surface area contributed by atoms with E-state index in [0.29, 0.717) is 11.1 Å². The molecule has 1 aromatic carbocycles. The van der Waals surface area contributed by atoms with Gasteiger partial charge in [-0.1, -0.05) is 18.2 Å². The maximum Gasteiger partial charge on any atom is 0.306 e. The lowest BCUT2D eigenvalue weighted by Crippen LogP contribution is -2.05.